The van der Waals surface area contributed by atoms with Crippen LogP contribution in [-0.4, -0.2) is 20.1 Å². The van der Waals surface area contributed by atoms with Crippen LogP contribution in [0.3, 0.4) is 0 Å². The fourth-order valence-corrected chi connectivity index (χ4v) is 3.52. The van der Waals surface area contributed by atoms with Crippen molar-refractivity contribution in [2.45, 2.75) is 72.3 Å². The summed E-state index contributed by atoms with van der Waals surface area (Å²) in [7, 11) is -1.78. The Labute approximate surface area is 138 Å². The van der Waals surface area contributed by atoms with Gasteiger partial charge in [-0.25, -0.2) is 0 Å². The predicted molar refractivity (Wildman–Crippen MR) is 100 cm³/mol. The van der Waals surface area contributed by atoms with E-state index >= 15 is 0 Å². The minimum atomic E-state index is -1.78. The maximum atomic E-state index is 6.62. The monoisotopic (exact) mass is 319 g/mol. The Morgan fingerprint density at radius 2 is 1.68 bits per heavy atom. The lowest BCUT2D eigenvalue weighted by Crippen LogP contribution is -2.47. The maximum absolute atomic E-state index is 6.62. The molecule has 2 nitrogen and oxygen atoms in total. The molecule has 0 radical (unpaired) electrons. The van der Waals surface area contributed by atoms with Crippen LogP contribution in [0.4, 0.5) is 0 Å². The first-order valence-electron chi connectivity index (χ1n) is 8.27. The van der Waals surface area contributed by atoms with Crippen LogP contribution in [0, 0.1) is 5.92 Å². The van der Waals surface area contributed by atoms with Gasteiger partial charge in [-0.2, -0.15) is 0 Å². The molecular formula is C19H33NOSi. The molecule has 124 valence electrons. The summed E-state index contributed by atoms with van der Waals surface area (Å²) in [6, 6.07) is 10.4. The number of rotatable bonds is 6. The van der Waals surface area contributed by atoms with Gasteiger partial charge >= 0.3 is 0 Å². The zero-order valence-corrected chi connectivity index (χ0v) is 16.6. The quantitative estimate of drug-likeness (QED) is 0.487. The number of hydrogen-bond acceptors (Lipinski definition) is 2. The molecule has 0 aliphatic heterocycles. The standard InChI is InChI=1S/C19H33NOSi/c1-15(2)18(21-22(7,8)19(4,5)6)16(3)20-14-17-12-10-9-11-13-17/h9-13,15,18H,14H2,1-8H3/t18-/m0/s1. The third-order valence-corrected chi connectivity index (χ3v) is 9.05. The van der Waals surface area contributed by atoms with Gasteiger partial charge in [0, 0.05) is 5.71 Å². The lowest BCUT2D eigenvalue weighted by Gasteiger charge is -2.40. The number of hydrogen-bond donors (Lipinski definition) is 0. The smallest absolute Gasteiger partial charge is 0.192 e. The zero-order valence-electron chi connectivity index (χ0n) is 15.6. The van der Waals surface area contributed by atoms with Crippen LogP contribution >= 0.6 is 0 Å². The normalized spacial score (nSPS) is 15.2. The minimum absolute atomic E-state index is 0.115. The summed E-state index contributed by atoms with van der Waals surface area (Å²) in [5, 5.41) is 0.222. The molecule has 3 heteroatoms. The third-order valence-electron chi connectivity index (χ3n) is 4.60. The number of nitrogens with zero attached hydrogens (tertiary/aromatic N) is 1. The van der Waals surface area contributed by atoms with E-state index in [9.17, 15) is 0 Å². The summed E-state index contributed by atoms with van der Waals surface area (Å²) >= 11 is 0. The van der Waals surface area contributed by atoms with Gasteiger partial charge < -0.3 is 4.43 Å². The molecule has 1 aromatic rings. The topological polar surface area (TPSA) is 21.6 Å². The minimum Gasteiger partial charge on any atom is -0.408 e. The Balaban J connectivity index is 2.86. The molecule has 0 aromatic heterocycles. The predicted octanol–water partition coefficient (Wildman–Crippen LogP) is 5.69. The molecule has 1 aromatic carbocycles. The van der Waals surface area contributed by atoms with Crippen molar-refractivity contribution >= 4 is 14.0 Å². The van der Waals surface area contributed by atoms with Crippen molar-refractivity contribution in [3.8, 4) is 0 Å². The Bertz CT molecular complexity index is 486. The molecule has 0 spiro atoms. The van der Waals surface area contributed by atoms with Crippen molar-refractivity contribution in [1.29, 1.82) is 0 Å². The first kappa shape index (κ1) is 19.1. The van der Waals surface area contributed by atoms with E-state index in [-0.39, 0.29) is 11.1 Å². The molecule has 1 rings (SSSR count). The number of aliphatic imine (C=N–C) groups is 1. The van der Waals surface area contributed by atoms with Crippen molar-refractivity contribution in [2.24, 2.45) is 10.9 Å². The van der Waals surface area contributed by atoms with E-state index in [1.165, 1.54) is 5.56 Å². The van der Waals surface area contributed by atoms with Crippen molar-refractivity contribution in [2.75, 3.05) is 0 Å². The Morgan fingerprint density at radius 3 is 2.14 bits per heavy atom. The van der Waals surface area contributed by atoms with Gasteiger partial charge in [0.05, 0.1) is 12.6 Å². The summed E-state index contributed by atoms with van der Waals surface area (Å²) in [6.45, 7) is 18.8. The molecule has 0 aliphatic carbocycles. The molecule has 0 unspecified atom stereocenters. The van der Waals surface area contributed by atoms with E-state index in [1.807, 2.05) is 6.07 Å². The molecule has 22 heavy (non-hydrogen) atoms. The lowest BCUT2D eigenvalue weighted by atomic mass is 10.0. The fraction of sp³-hybridized carbons (Fsp3) is 0.632. The van der Waals surface area contributed by atoms with Crippen LogP contribution in [0.5, 0.6) is 0 Å². The molecule has 0 aliphatic rings. The van der Waals surface area contributed by atoms with E-state index < -0.39 is 8.32 Å². The highest BCUT2D eigenvalue weighted by molar-refractivity contribution is 6.74. The van der Waals surface area contributed by atoms with Gasteiger partial charge in [-0.05, 0) is 36.5 Å². The second kappa shape index (κ2) is 7.56. The molecule has 0 amide bonds. The summed E-state index contributed by atoms with van der Waals surface area (Å²) < 4.78 is 6.62. The molecule has 0 heterocycles. The summed E-state index contributed by atoms with van der Waals surface area (Å²) in [4.78, 5) is 4.80. The van der Waals surface area contributed by atoms with Crippen LogP contribution in [-0.2, 0) is 11.0 Å². The van der Waals surface area contributed by atoms with E-state index in [0.29, 0.717) is 5.92 Å². The van der Waals surface area contributed by atoms with Crippen molar-refractivity contribution in [3.63, 3.8) is 0 Å². The molecular weight excluding hydrogens is 286 g/mol. The second-order valence-corrected chi connectivity index (χ2v) is 12.7. The summed E-state index contributed by atoms with van der Waals surface area (Å²) in [5.41, 5.74) is 2.36. The highest BCUT2D eigenvalue weighted by Crippen LogP contribution is 2.38. The Morgan fingerprint density at radius 1 is 1.14 bits per heavy atom. The second-order valence-electron chi connectivity index (χ2n) is 7.99. The average Bonchev–Trinajstić information content (AvgIpc) is 2.42. The van der Waals surface area contributed by atoms with Gasteiger partial charge in [0.25, 0.3) is 0 Å². The molecule has 0 saturated heterocycles. The van der Waals surface area contributed by atoms with Gasteiger partial charge in [-0.3, -0.25) is 4.99 Å². The largest absolute Gasteiger partial charge is 0.408 e. The van der Waals surface area contributed by atoms with Crippen LogP contribution in [0.15, 0.2) is 35.3 Å². The first-order chi connectivity index (χ1) is 10.0. The summed E-state index contributed by atoms with van der Waals surface area (Å²) in [6.07, 6.45) is 0.115. The van der Waals surface area contributed by atoms with E-state index in [0.717, 1.165) is 12.3 Å². The summed E-state index contributed by atoms with van der Waals surface area (Å²) in [5.74, 6) is 0.439. The lowest BCUT2D eigenvalue weighted by molar-refractivity contribution is 0.193. The van der Waals surface area contributed by atoms with Crippen molar-refractivity contribution in [3.05, 3.63) is 35.9 Å². The third kappa shape index (κ3) is 5.36. The van der Waals surface area contributed by atoms with E-state index in [4.69, 9.17) is 9.42 Å². The first-order valence-corrected chi connectivity index (χ1v) is 11.2. The van der Waals surface area contributed by atoms with Gasteiger partial charge in [0.1, 0.15) is 0 Å². The molecule has 0 N–H and O–H groups in total. The van der Waals surface area contributed by atoms with Crippen LogP contribution in [0.1, 0.15) is 47.1 Å². The molecule has 1 atom stereocenters. The van der Waals surface area contributed by atoms with E-state index in [1.54, 1.807) is 0 Å². The highest BCUT2D eigenvalue weighted by Gasteiger charge is 2.40. The van der Waals surface area contributed by atoms with Gasteiger partial charge in [0.2, 0.25) is 0 Å². The Kier molecular flexibility index (Phi) is 6.57. The molecule has 0 bridgehead atoms. The van der Waals surface area contributed by atoms with E-state index in [2.05, 4.69) is 78.9 Å². The molecule has 0 fully saturated rings. The van der Waals surface area contributed by atoms with Gasteiger partial charge in [-0.15, -0.1) is 0 Å². The zero-order chi connectivity index (χ0) is 17.0. The van der Waals surface area contributed by atoms with Crippen molar-refractivity contribution in [1.82, 2.24) is 0 Å². The fourth-order valence-electron chi connectivity index (χ4n) is 2.09. The SMILES string of the molecule is CC(=NCc1ccccc1)[C@@H](O[Si](C)(C)C(C)(C)C)C(C)C. The Hall–Kier alpha value is -0.933. The average molecular weight is 320 g/mol. The highest BCUT2D eigenvalue weighted by atomic mass is 28.4. The van der Waals surface area contributed by atoms with Crippen LogP contribution < -0.4 is 0 Å². The van der Waals surface area contributed by atoms with Crippen LogP contribution in [0.25, 0.3) is 0 Å². The molecule has 0 saturated carbocycles. The number of benzene rings is 1. The van der Waals surface area contributed by atoms with Crippen LogP contribution in [0.2, 0.25) is 18.1 Å². The van der Waals surface area contributed by atoms with Crippen molar-refractivity contribution < 1.29 is 4.43 Å². The maximum Gasteiger partial charge on any atom is 0.192 e. The van der Waals surface area contributed by atoms with Gasteiger partial charge in [0.15, 0.2) is 8.32 Å². The van der Waals surface area contributed by atoms with Gasteiger partial charge in [-0.1, -0.05) is 65.0 Å².